The van der Waals surface area contributed by atoms with Gasteiger partial charge in [0.05, 0.1) is 5.71 Å². The summed E-state index contributed by atoms with van der Waals surface area (Å²) in [5, 5.41) is 0. The Hall–Kier alpha value is -2.17. The molecule has 1 aromatic rings. The molecule has 16 heavy (non-hydrogen) atoms. The van der Waals surface area contributed by atoms with Crippen LogP contribution in [0.3, 0.4) is 0 Å². The second-order valence-corrected chi connectivity index (χ2v) is 2.94. The van der Waals surface area contributed by atoms with E-state index < -0.39 is 12.2 Å². The SMILES string of the molecule is C=CN=C(C=C)C(C)OC(=O)n1ccnc1. The highest BCUT2D eigenvalue weighted by atomic mass is 16.6. The van der Waals surface area contributed by atoms with Gasteiger partial charge in [0.25, 0.3) is 0 Å². The largest absolute Gasteiger partial charge is 0.439 e. The summed E-state index contributed by atoms with van der Waals surface area (Å²) in [7, 11) is 0. The predicted molar refractivity (Wildman–Crippen MR) is 61.4 cm³/mol. The lowest BCUT2D eigenvalue weighted by Crippen LogP contribution is -2.25. The van der Waals surface area contributed by atoms with Gasteiger partial charge in [0.1, 0.15) is 12.4 Å². The third kappa shape index (κ3) is 2.91. The van der Waals surface area contributed by atoms with Crippen molar-refractivity contribution in [1.29, 1.82) is 0 Å². The van der Waals surface area contributed by atoms with E-state index in [-0.39, 0.29) is 0 Å². The molecule has 0 spiro atoms. The van der Waals surface area contributed by atoms with Crippen LogP contribution in [0.4, 0.5) is 4.79 Å². The average Bonchev–Trinajstić information content (AvgIpc) is 2.78. The Morgan fingerprint density at radius 3 is 2.88 bits per heavy atom. The summed E-state index contributed by atoms with van der Waals surface area (Å²) in [6.45, 7) is 8.76. The Labute approximate surface area is 93.8 Å². The molecule has 0 fully saturated rings. The Morgan fingerprint density at radius 1 is 1.62 bits per heavy atom. The molecule has 0 aromatic carbocycles. The van der Waals surface area contributed by atoms with Crippen molar-refractivity contribution in [3.63, 3.8) is 0 Å². The Kier molecular flexibility index (Phi) is 4.20. The van der Waals surface area contributed by atoms with Crippen molar-refractivity contribution in [1.82, 2.24) is 9.55 Å². The number of carbonyl (C=O) groups is 1. The van der Waals surface area contributed by atoms with Crippen molar-refractivity contribution in [2.45, 2.75) is 13.0 Å². The molecule has 0 radical (unpaired) electrons. The zero-order valence-corrected chi connectivity index (χ0v) is 9.04. The molecule has 1 rings (SSSR count). The zero-order valence-electron chi connectivity index (χ0n) is 9.04. The summed E-state index contributed by atoms with van der Waals surface area (Å²) >= 11 is 0. The summed E-state index contributed by atoms with van der Waals surface area (Å²) < 4.78 is 6.38. The summed E-state index contributed by atoms with van der Waals surface area (Å²) in [6.07, 6.45) is 6.28. The first-order valence-electron chi connectivity index (χ1n) is 4.69. The van der Waals surface area contributed by atoms with Crippen LogP contribution in [0.1, 0.15) is 6.92 Å². The van der Waals surface area contributed by atoms with Gasteiger partial charge in [0.2, 0.25) is 0 Å². The van der Waals surface area contributed by atoms with Gasteiger partial charge in [-0.3, -0.25) is 4.99 Å². The molecule has 1 aromatic heterocycles. The van der Waals surface area contributed by atoms with E-state index in [4.69, 9.17) is 4.74 Å². The van der Waals surface area contributed by atoms with E-state index in [1.807, 2.05) is 0 Å². The number of ether oxygens (including phenoxy) is 1. The van der Waals surface area contributed by atoms with Crippen LogP contribution in [0.25, 0.3) is 0 Å². The Bertz CT molecular complexity index is 407. The summed E-state index contributed by atoms with van der Waals surface area (Å²) in [4.78, 5) is 19.2. The highest BCUT2D eigenvalue weighted by Gasteiger charge is 2.13. The smallest absolute Gasteiger partial charge is 0.419 e. The third-order valence-electron chi connectivity index (χ3n) is 1.86. The molecule has 0 bridgehead atoms. The van der Waals surface area contributed by atoms with Crippen LogP contribution in [0, 0.1) is 0 Å². The predicted octanol–water partition coefficient (Wildman–Crippen LogP) is 2.03. The molecular weight excluding hydrogens is 206 g/mol. The van der Waals surface area contributed by atoms with Crippen molar-refractivity contribution in [3.8, 4) is 0 Å². The Morgan fingerprint density at radius 2 is 2.38 bits per heavy atom. The minimum Gasteiger partial charge on any atom is -0.439 e. The fraction of sp³-hybridized carbons (Fsp3) is 0.182. The maximum absolute atomic E-state index is 11.5. The maximum atomic E-state index is 11.5. The molecule has 0 aliphatic rings. The van der Waals surface area contributed by atoms with E-state index in [9.17, 15) is 4.79 Å². The molecule has 0 N–H and O–H groups in total. The van der Waals surface area contributed by atoms with Crippen molar-refractivity contribution < 1.29 is 9.53 Å². The Balaban J connectivity index is 2.67. The van der Waals surface area contributed by atoms with Gasteiger partial charge < -0.3 is 4.74 Å². The van der Waals surface area contributed by atoms with Gasteiger partial charge in [-0.1, -0.05) is 13.2 Å². The standard InChI is InChI=1S/C11H13N3O2/c1-4-10(13-5-2)9(3)16-11(15)14-7-6-12-8-14/h4-9H,1-2H2,3H3. The fourth-order valence-corrected chi connectivity index (χ4v) is 1.07. The van der Waals surface area contributed by atoms with Crippen molar-refractivity contribution in [2.24, 2.45) is 4.99 Å². The van der Waals surface area contributed by atoms with E-state index in [2.05, 4.69) is 23.1 Å². The second kappa shape index (κ2) is 5.65. The quantitative estimate of drug-likeness (QED) is 0.728. The zero-order chi connectivity index (χ0) is 12.0. The van der Waals surface area contributed by atoms with Gasteiger partial charge >= 0.3 is 6.09 Å². The number of imidazole rings is 1. The van der Waals surface area contributed by atoms with Crippen LogP contribution in [-0.4, -0.2) is 27.5 Å². The number of rotatable bonds is 4. The monoisotopic (exact) mass is 219 g/mol. The lowest BCUT2D eigenvalue weighted by atomic mass is 10.2. The topological polar surface area (TPSA) is 56.5 Å². The highest BCUT2D eigenvalue weighted by Crippen LogP contribution is 2.00. The first-order chi connectivity index (χ1) is 7.69. The molecule has 0 saturated carbocycles. The summed E-state index contributed by atoms with van der Waals surface area (Å²) in [5.74, 6) is 0. The van der Waals surface area contributed by atoms with Crippen LogP contribution in [0.5, 0.6) is 0 Å². The van der Waals surface area contributed by atoms with Crippen LogP contribution >= 0.6 is 0 Å². The summed E-state index contributed by atoms with van der Waals surface area (Å²) in [5.41, 5.74) is 0.545. The first kappa shape index (κ1) is 11.9. The van der Waals surface area contributed by atoms with E-state index >= 15 is 0 Å². The number of hydrogen-bond donors (Lipinski definition) is 0. The third-order valence-corrected chi connectivity index (χ3v) is 1.86. The number of carbonyl (C=O) groups excluding carboxylic acids is 1. The lowest BCUT2D eigenvalue weighted by Gasteiger charge is -2.12. The molecule has 5 heteroatoms. The van der Waals surface area contributed by atoms with Crippen molar-refractivity contribution in [3.05, 3.63) is 44.2 Å². The molecule has 0 amide bonds. The van der Waals surface area contributed by atoms with Crippen LogP contribution in [0.15, 0.2) is 49.1 Å². The second-order valence-electron chi connectivity index (χ2n) is 2.94. The molecule has 5 nitrogen and oxygen atoms in total. The molecule has 84 valence electrons. The van der Waals surface area contributed by atoms with Crippen LogP contribution < -0.4 is 0 Å². The maximum Gasteiger partial charge on any atom is 0.419 e. The molecule has 0 aliphatic heterocycles. The molecular formula is C11H13N3O2. The lowest BCUT2D eigenvalue weighted by molar-refractivity contribution is 0.135. The number of aliphatic imine (C=N–C) groups is 1. The number of hydrogen-bond acceptors (Lipinski definition) is 4. The average molecular weight is 219 g/mol. The van der Waals surface area contributed by atoms with Gasteiger partial charge in [-0.2, -0.15) is 0 Å². The van der Waals surface area contributed by atoms with Crippen LogP contribution in [0.2, 0.25) is 0 Å². The molecule has 1 unspecified atom stereocenters. The minimum atomic E-state index is -0.511. The molecule has 1 atom stereocenters. The molecule has 1 heterocycles. The molecule has 0 aliphatic carbocycles. The van der Waals surface area contributed by atoms with Crippen LogP contribution in [-0.2, 0) is 4.74 Å². The van der Waals surface area contributed by atoms with E-state index in [0.717, 1.165) is 0 Å². The van der Waals surface area contributed by atoms with Gasteiger partial charge in [-0.05, 0) is 13.0 Å². The number of aromatic nitrogens is 2. The van der Waals surface area contributed by atoms with Crippen molar-refractivity contribution >= 4 is 11.8 Å². The van der Waals surface area contributed by atoms with Crippen molar-refractivity contribution in [2.75, 3.05) is 0 Å². The minimum absolute atomic E-state index is 0.481. The van der Waals surface area contributed by atoms with Gasteiger partial charge in [0.15, 0.2) is 0 Å². The summed E-state index contributed by atoms with van der Waals surface area (Å²) in [6, 6.07) is 0. The van der Waals surface area contributed by atoms with E-state index in [0.29, 0.717) is 5.71 Å². The fourth-order valence-electron chi connectivity index (χ4n) is 1.07. The normalized spacial score (nSPS) is 12.9. The number of nitrogens with zero attached hydrogens (tertiary/aromatic N) is 3. The molecule has 0 saturated heterocycles. The van der Waals surface area contributed by atoms with E-state index in [1.54, 1.807) is 6.92 Å². The van der Waals surface area contributed by atoms with Gasteiger partial charge in [0, 0.05) is 18.6 Å². The van der Waals surface area contributed by atoms with E-state index in [1.165, 1.54) is 35.6 Å². The highest BCUT2D eigenvalue weighted by molar-refractivity contribution is 5.99. The van der Waals surface area contributed by atoms with Gasteiger partial charge in [-0.15, -0.1) is 0 Å². The van der Waals surface area contributed by atoms with Gasteiger partial charge in [-0.25, -0.2) is 14.3 Å². The first-order valence-corrected chi connectivity index (χ1v) is 4.69.